The van der Waals surface area contributed by atoms with E-state index in [1.165, 1.54) is 36.6 Å². The normalized spacial score (nSPS) is 16.1. The van der Waals surface area contributed by atoms with E-state index in [4.69, 9.17) is 14.3 Å². The zero-order valence-electron chi connectivity index (χ0n) is 20.9. The van der Waals surface area contributed by atoms with Gasteiger partial charge in [0.2, 0.25) is 0 Å². The van der Waals surface area contributed by atoms with Crippen molar-refractivity contribution < 1.29 is 40.4 Å². The monoisotopic (exact) mass is 570 g/mol. The third-order valence-corrected chi connectivity index (χ3v) is 7.48. The number of carbonyl (C=O) groups is 1. The van der Waals surface area contributed by atoms with Crippen LogP contribution in [-0.2, 0) is 21.6 Å². The summed E-state index contributed by atoms with van der Waals surface area (Å²) in [5.74, 6) is -3.73. The van der Waals surface area contributed by atoms with E-state index in [0.29, 0.717) is 6.42 Å². The Labute approximate surface area is 220 Å². The molecule has 0 bridgehead atoms. The Bertz CT molecular complexity index is 1560. The molecule has 1 fully saturated rings. The van der Waals surface area contributed by atoms with Crippen molar-refractivity contribution in [1.82, 2.24) is 10.2 Å². The van der Waals surface area contributed by atoms with Crippen LogP contribution in [0.25, 0.3) is 0 Å². The Morgan fingerprint density at radius 3 is 2.44 bits per heavy atom. The van der Waals surface area contributed by atoms with Crippen LogP contribution < -0.4 is 14.8 Å². The summed E-state index contributed by atoms with van der Waals surface area (Å²) in [6, 6.07) is 7.75. The summed E-state index contributed by atoms with van der Waals surface area (Å²) in [5.41, 5.74) is -4.83. The molecule has 3 aromatic rings. The van der Waals surface area contributed by atoms with Crippen molar-refractivity contribution in [3.8, 4) is 17.4 Å². The molecule has 0 spiro atoms. The van der Waals surface area contributed by atoms with Crippen LogP contribution in [0.4, 0.5) is 27.6 Å². The molecule has 2 N–H and O–H groups in total. The van der Waals surface area contributed by atoms with Gasteiger partial charge in [-0.1, -0.05) is 6.07 Å². The van der Waals surface area contributed by atoms with Gasteiger partial charge in [-0.05, 0) is 62.1 Å². The fraction of sp³-hybridized carbons (Fsp3) is 0.320. The SMILES string of the molecule is COc1c(Oc2nnc(C(F)(F)F)c(C)c2C(=O)Nc2cccc(S(C)(=N)=O)c2)ccc(C2(F)CCC2)c1F. The summed E-state index contributed by atoms with van der Waals surface area (Å²) in [6.07, 6.45) is -2.98. The van der Waals surface area contributed by atoms with E-state index in [1.54, 1.807) is 0 Å². The molecule has 2 aromatic carbocycles. The maximum Gasteiger partial charge on any atom is 0.435 e. The maximum atomic E-state index is 15.2. The van der Waals surface area contributed by atoms with Gasteiger partial charge < -0.3 is 14.8 Å². The topological polar surface area (TPSA) is 114 Å². The highest BCUT2D eigenvalue weighted by molar-refractivity contribution is 7.91. The number of anilines is 1. The number of carbonyl (C=O) groups excluding carboxylic acids is 1. The molecule has 1 heterocycles. The number of hydrogen-bond donors (Lipinski definition) is 2. The molecule has 0 saturated heterocycles. The Morgan fingerprint density at radius 2 is 1.87 bits per heavy atom. The van der Waals surface area contributed by atoms with Crippen LogP contribution in [0.2, 0.25) is 0 Å². The van der Waals surface area contributed by atoms with Crippen LogP contribution in [0, 0.1) is 17.5 Å². The highest BCUT2D eigenvalue weighted by Crippen LogP contribution is 2.49. The maximum absolute atomic E-state index is 15.2. The van der Waals surface area contributed by atoms with Crippen molar-refractivity contribution in [2.24, 2.45) is 0 Å². The lowest BCUT2D eigenvalue weighted by Crippen LogP contribution is -2.30. The average Bonchev–Trinajstić information content (AvgIpc) is 2.82. The summed E-state index contributed by atoms with van der Waals surface area (Å²) in [4.78, 5) is 13.3. The van der Waals surface area contributed by atoms with Crippen molar-refractivity contribution in [3.63, 3.8) is 0 Å². The molecule has 1 saturated carbocycles. The van der Waals surface area contributed by atoms with Crippen LogP contribution in [0.3, 0.4) is 0 Å². The number of benzene rings is 2. The van der Waals surface area contributed by atoms with E-state index in [1.807, 2.05) is 0 Å². The molecule has 8 nitrogen and oxygen atoms in total. The zero-order chi connectivity index (χ0) is 28.8. The van der Waals surface area contributed by atoms with Gasteiger partial charge in [-0.15, -0.1) is 10.2 Å². The highest BCUT2D eigenvalue weighted by atomic mass is 32.2. The van der Waals surface area contributed by atoms with Crippen molar-refractivity contribution in [2.75, 3.05) is 18.7 Å². The van der Waals surface area contributed by atoms with Gasteiger partial charge in [0.1, 0.15) is 11.2 Å². The standard InChI is InChI=1S/C25H23F5N4O4S/c1-13-18(22(35)32-14-6-4-7-15(12-14)39(3,31)36)23(34-33-21(13)25(28,29)30)38-17-9-8-16(19(26)20(17)37-2)24(27)10-5-11-24/h4,6-9,12,31H,5,10-11H2,1-3H3,(H,32,35). The van der Waals surface area contributed by atoms with Crippen molar-refractivity contribution in [1.29, 1.82) is 4.78 Å². The molecule has 0 aliphatic heterocycles. The number of ether oxygens (including phenoxy) is 2. The fourth-order valence-corrected chi connectivity index (χ4v) is 4.82. The summed E-state index contributed by atoms with van der Waals surface area (Å²) in [5, 5.41) is 8.99. The minimum atomic E-state index is -4.97. The number of nitrogens with zero attached hydrogens (tertiary/aromatic N) is 2. The van der Waals surface area contributed by atoms with Crippen LogP contribution >= 0.6 is 0 Å². The Kier molecular flexibility index (Phi) is 7.27. The number of nitrogens with one attached hydrogen (secondary N) is 2. The van der Waals surface area contributed by atoms with E-state index in [0.717, 1.165) is 20.1 Å². The van der Waals surface area contributed by atoms with Gasteiger partial charge in [-0.25, -0.2) is 17.8 Å². The quantitative estimate of drug-likeness (QED) is 0.319. The predicted octanol–water partition coefficient (Wildman–Crippen LogP) is 6.38. The first-order valence-electron chi connectivity index (χ1n) is 11.5. The first-order chi connectivity index (χ1) is 18.2. The first-order valence-corrected chi connectivity index (χ1v) is 13.5. The van der Waals surface area contributed by atoms with Gasteiger partial charge in [-0.3, -0.25) is 4.79 Å². The van der Waals surface area contributed by atoms with Gasteiger partial charge in [0, 0.05) is 22.4 Å². The Hall–Kier alpha value is -3.81. The van der Waals surface area contributed by atoms with Gasteiger partial charge in [0.15, 0.2) is 23.0 Å². The van der Waals surface area contributed by atoms with Gasteiger partial charge >= 0.3 is 6.18 Å². The number of aromatic nitrogens is 2. The van der Waals surface area contributed by atoms with E-state index in [-0.39, 0.29) is 34.7 Å². The third-order valence-electron chi connectivity index (χ3n) is 6.32. The largest absolute Gasteiger partial charge is 0.490 e. The second-order valence-corrected chi connectivity index (χ2v) is 11.2. The number of alkyl halides is 4. The molecule has 0 radical (unpaired) electrons. The number of methoxy groups -OCH3 is 1. The van der Waals surface area contributed by atoms with E-state index >= 15 is 4.39 Å². The van der Waals surface area contributed by atoms with Crippen molar-refractivity contribution in [3.05, 3.63) is 64.6 Å². The van der Waals surface area contributed by atoms with Crippen LogP contribution in [0.5, 0.6) is 17.4 Å². The number of hydrogen-bond acceptors (Lipinski definition) is 7. The van der Waals surface area contributed by atoms with Crippen LogP contribution in [-0.4, -0.2) is 33.7 Å². The molecule has 1 amide bonds. The second-order valence-electron chi connectivity index (χ2n) is 9.06. The smallest absolute Gasteiger partial charge is 0.435 e. The average molecular weight is 571 g/mol. The minimum absolute atomic E-state index is 0.0387. The van der Waals surface area contributed by atoms with Gasteiger partial charge in [-0.2, -0.15) is 13.2 Å². The van der Waals surface area contributed by atoms with Gasteiger partial charge in [0.25, 0.3) is 11.8 Å². The van der Waals surface area contributed by atoms with Crippen molar-refractivity contribution in [2.45, 2.75) is 42.9 Å². The van der Waals surface area contributed by atoms with Crippen molar-refractivity contribution >= 4 is 21.3 Å². The molecule has 39 heavy (non-hydrogen) atoms. The third kappa shape index (κ3) is 5.51. The van der Waals surface area contributed by atoms with Gasteiger partial charge in [0.05, 0.1) is 16.8 Å². The summed E-state index contributed by atoms with van der Waals surface area (Å²) in [6.45, 7) is 0.989. The summed E-state index contributed by atoms with van der Waals surface area (Å²) < 4.78 is 101. The lowest BCUT2D eigenvalue weighted by Gasteiger charge is -2.34. The van der Waals surface area contributed by atoms with E-state index in [9.17, 15) is 26.6 Å². The molecule has 1 unspecified atom stereocenters. The van der Waals surface area contributed by atoms with E-state index in [2.05, 4.69) is 15.5 Å². The molecule has 1 aliphatic rings. The summed E-state index contributed by atoms with van der Waals surface area (Å²) in [7, 11) is -2.06. The molecule has 1 atom stereocenters. The molecule has 1 aliphatic carbocycles. The minimum Gasteiger partial charge on any atom is -0.490 e. The molecule has 14 heteroatoms. The second kappa shape index (κ2) is 10.1. The predicted molar refractivity (Wildman–Crippen MR) is 131 cm³/mol. The highest BCUT2D eigenvalue weighted by Gasteiger charge is 2.42. The Balaban J connectivity index is 1.78. The molecule has 208 valence electrons. The zero-order valence-corrected chi connectivity index (χ0v) is 21.7. The Morgan fingerprint density at radius 1 is 1.18 bits per heavy atom. The van der Waals surface area contributed by atoms with E-state index < -0.39 is 61.7 Å². The van der Waals surface area contributed by atoms with Crippen LogP contribution in [0.15, 0.2) is 41.3 Å². The first kappa shape index (κ1) is 28.2. The lowest BCUT2D eigenvalue weighted by molar-refractivity contribution is -0.142. The van der Waals surface area contributed by atoms with Crippen LogP contribution in [0.1, 0.15) is 46.4 Å². The number of rotatable bonds is 7. The number of amides is 1. The fourth-order valence-electron chi connectivity index (χ4n) is 4.13. The molecular weight excluding hydrogens is 547 g/mol. The number of halogens is 5. The molecular formula is C25H23F5N4O4S. The lowest BCUT2D eigenvalue weighted by atomic mass is 9.76. The molecule has 4 rings (SSSR count). The molecule has 1 aromatic heterocycles. The summed E-state index contributed by atoms with van der Waals surface area (Å²) >= 11 is 0.